The zero-order valence-electron chi connectivity index (χ0n) is 21.5. The van der Waals surface area contributed by atoms with Crippen LogP contribution >= 0.6 is 0 Å². The maximum absolute atomic E-state index is 13.4. The van der Waals surface area contributed by atoms with Crippen LogP contribution in [0, 0.1) is 5.92 Å². The molecule has 4 aliphatic heterocycles. The molecule has 35 heavy (non-hydrogen) atoms. The number of hydrogen-bond donors (Lipinski definition) is 3. The Bertz CT molecular complexity index is 851. The second-order valence-corrected chi connectivity index (χ2v) is 10.8. The van der Waals surface area contributed by atoms with E-state index >= 15 is 0 Å². The number of likely N-dealkylation sites (tertiary alicyclic amines) is 2. The molecule has 7 nitrogen and oxygen atoms in total. The number of carbonyl (C=O) groups excluding carboxylic acids is 1. The summed E-state index contributed by atoms with van der Waals surface area (Å²) in [4.78, 5) is 20.6. The highest BCUT2D eigenvalue weighted by atomic mass is 16.2. The molecule has 7 heteroatoms. The Kier molecular flexibility index (Phi) is 8.27. The van der Waals surface area contributed by atoms with Gasteiger partial charge < -0.3 is 20.0 Å². The number of carbonyl (C=O) groups is 1. The Hall–Kier alpha value is -2.09. The smallest absolute Gasteiger partial charge is 0.270 e. The number of benzene rings is 1. The molecule has 1 amide bonds. The van der Waals surface area contributed by atoms with Gasteiger partial charge in [-0.2, -0.15) is 0 Å². The van der Waals surface area contributed by atoms with E-state index < -0.39 is 0 Å². The quantitative estimate of drug-likeness (QED) is 0.582. The van der Waals surface area contributed by atoms with Crippen LogP contribution in [-0.4, -0.2) is 80.4 Å². The molecule has 0 spiro atoms. The minimum absolute atomic E-state index is 0.0632. The normalized spacial score (nSPS) is 25.6. The molecule has 3 saturated heterocycles. The molecular formula is C28H44N6O. The molecule has 0 bridgehead atoms. The van der Waals surface area contributed by atoms with Gasteiger partial charge in [-0.25, -0.2) is 0 Å². The Labute approximate surface area is 211 Å². The summed E-state index contributed by atoms with van der Waals surface area (Å²) in [5, 5.41) is 10.6. The molecule has 3 N–H and O–H groups in total. The van der Waals surface area contributed by atoms with Crippen LogP contribution in [0.15, 0.2) is 41.6 Å². The highest BCUT2D eigenvalue weighted by Crippen LogP contribution is 2.24. The second-order valence-electron chi connectivity index (χ2n) is 10.8. The van der Waals surface area contributed by atoms with E-state index in [0.29, 0.717) is 18.6 Å². The predicted molar refractivity (Wildman–Crippen MR) is 142 cm³/mol. The van der Waals surface area contributed by atoms with E-state index in [1.54, 1.807) is 0 Å². The highest BCUT2D eigenvalue weighted by molar-refractivity contribution is 5.94. The largest absolute Gasteiger partial charge is 0.372 e. The third kappa shape index (κ3) is 6.01. The fraction of sp³-hybridized carbons (Fsp3) is 0.679. The molecule has 0 radical (unpaired) electrons. The summed E-state index contributed by atoms with van der Waals surface area (Å²) >= 11 is 0. The van der Waals surface area contributed by atoms with Crippen LogP contribution in [0.4, 0.5) is 5.69 Å². The average molecular weight is 481 g/mol. The molecule has 4 heterocycles. The van der Waals surface area contributed by atoms with Crippen molar-refractivity contribution >= 4 is 11.6 Å². The topological polar surface area (TPSA) is 62.9 Å². The van der Waals surface area contributed by atoms with Gasteiger partial charge in [-0.15, -0.1) is 0 Å². The Morgan fingerprint density at radius 3 is 2.37 bits per heavy atom. The van der Waals surface area contributed by atoms with Gasteiger partial charge in [0.25, 0.3) is 5.91 Å². The van der Waals surface area contributed by atoms with Crippen molar-refractivity contribution in [2.75, 3.05) is 57.4 Å². The number of rotatable bonds is 6. The summed E-state index contributed by atoms with van der Waals surface area (Å²) in [6.45, 7) is 10.2. The molecule has 0 aliphatic carbocycles. The molecular weight excluding hydrogens is 436 g/mol. The van der Waals surface area contributed by atoms with Gasteiger partial charge in [0.2, 0.25) is 0 Å². The first-order chi connectivity index (χ1) is 17.2. The van der Waals surface area contributed by atoms with E-state index in [1.807, 2.05) is 0 Å². The van der Waals surface area contributed by atoms with Crippen molar-refractivity contribution in [1.29, 1.82) is 0 Å². The number of piperidine rings is 3. The highest BCUT2D eigenvalue weighted by Gasteiger charge is 2.31. The number of nitrogens with zero attached hydrogens (tertiary/aromatic N) is 3. The summed E-state index contributed by atoms with van der Waals surface area (Å²) < 4.78 is 0. The van der Waals surface area contributed by atoms with Crippen LogP contribution in [0.2, 0.25) is 0 Å². The van der Waals surface area contributed by atoms with Crippen LogP contribution < -0.4 is 20.9 Å². The van der Waals surface area contributed by atoms with Crippen LogP contribution in [0.5, 0.6) is 0 Å². The standard InChI is InChI=1S/C28H44N6O/c1-22-26(28(35)34-18-12-25(13-19-34)32-14-6-3-7-15-32)30-21-31-27(22)29-20-23-10-16-33(17-11-23)24-8-4-2-5-9-24/h2,4-5,8-9,23,25,27,29-31H,3,6-7,10-21H2,1H3. The van der Waals surface area contributed by atoms with Crippen molar-refractivity contribution in [3.05, 3.63) is 41.6 Å². The van der Waals surface area contributed by atoms with E-state index in [9.17, 15) is 4.79 Å². The Balaban J connectivity index is 1.10. The molecule has 5 rings (SSSR count). The molecule has 0 saturated carbocycles. The van der Waals surface area contributed by atoms with Crippen molar-refractivity contribution in [3.63, 3.8) is 0 Å². The van der Waals surface area contributed by atoms with Gasteiger partial charge >= 0.3 is 0 Å². The third-order valence-electron chi connectivity index (χ3n) is 8.62. The summed E-state index contributed by atoms with van der Waals surface area (Å²) in [7, 11) is 0. The number of amides is 1. The second kappa shape index (κ2) is 11.8. The van der Waals surface area contributed by atoms with Crippen LogP contribution in [0.3, 0.4) is 0 Å². The van der Waals surface area contributed by atoms with E-state index in [0.717, 1.165) is 56.8 Å². The summed E-state index contributed by atoms with van der Waals surface area (Å²) in [6.07, 6.45) is 8.74. The van der Waals surface area contributed by atoms with Gasteiger partial charge in [-0.1, -0.05) is 24.6 Å². The van der Waals surface area contributed by atoms with Gasteiger partial charge in [0.15, 0.2) is 0 Å². The van der Waals surface area contributed by atoms with Crippen LogP contribution in [0.1, 0.15) is 51.9 Å². The fourth-order valence-corrected chi connectivity index (χ4v) is 6.34. The maximum Gasteiger partial charge on any atom is 0.270 e. The summed E-state index contributed by atoms with van der Waals surface area (Å²) in [5.41, 5.74) is 3.23. The zero-order valence-corrected chi connectivity index (χ0v) is 21.5. The molecule has 1 aromatic rings. The number of para-hydroxylation sites is 1. The van der Waals surface area contributed by atoms with E-state index in [2.05, 4.69) is 67.9 Å². The number of hydrogen-bond acceptors (Lipinski definition) is 6. The molecule has 1 aromatic carbocycles. The van der Waals surface area contributed by atoms with Gasteiger partial charge in [-0.05, 0) is 88.7 Å². The first kappa shape index (κ1) is 24.6. The first-order valence-electron chi connectivity index (χ1n) is 13.9. The molecule has 0 aromatic heterocycles. The third-order valence-corrected chi connectivity index (χ3v) is 8.62. The maximum atomic E-state index is 13.4. The molecule has 1 atom stereocenters. The summed E-state index contributed by atoms with van der Waals surface area (Å²) in [6, 6.07) is 11.4. The molecule has 3 fully saturated rings. The average Bonchev–Trinajstić information content (AvgIpc) is 2.93. The molecule has 1 unspecified atom stereocenters. The van der Waals surface area contributed by atoms with Gasteiger partial charge in [0.1, 0.15) is 5.70 Å². The Morgan fingerprint density at radius 1 is 0.943 bits per heavy atom. The summed E-state index contributed by atoms with van der Waals surface area (Å²) in [5.74, 6) is 0.858. The van der Waals surface area contributed by atoms with E-state index in [1.165, 1.54) is 50.9 Å². The lowest BCUT2D eigenvalue weighted by molar-refractivity contribution is -0.129. The van der Waals surface area contributed by atoms with Crippen LogP contribution in [0.25, 0.3) is 0 Å². The van der Waals surface area contributed by atoms with E-state index in [-0.39, 0.29) is 12.1 Å². The van der Waals surface area contributed by atoms with Gasteiger partial charge in [0.05, 0.1) is 12.8 Å². The van der Waals surface area contributed by atoms with Crippen molar-refractivity contribution in [3.8, 4) is 0 Å². The lowest BCUT2D eigenvalue weighted by atomic mass is 9.96. The van der Waals surface area contributed by atoms with Crippen molar-refractivity contribution in [2.45, 2.75) is 64.1 Å². The first-order valence-corrected chi connectivity index (χ1v) is 13.9. The predicted octanol–water partition coefficient (Wildman–Crippen LogP) is 2.72. The molecule has 4 aliphatic rings. The van der Waals surface area contributed by atoms with Gasteiger partial charge in [-0.3, -0.25) is 15.4 Å². The number of anilines is 1. The fourth-order valence-electron chi connectivity index (χ4n) is 6.34. The number of nitrogens with one attached hydrogen (secondary N) is 3. The minimum atomic E-state index is 0.0632. The lowest BCUT2D eigenvalue weighted by Gasteiger charge is -2.41. The van der Waals surface area contributed by atoms with Gasteiger partial charge in [0, 0.05) is 37.9 Å². The minimum Gasteiger partial charge on any atom is -0.372 e. The van der Waals surface area contributed by atoms with Crippen molar-refractivity contribution in [1.82, 2.24) is 25.8 Å². The molecule has 192 valence electrons. The van der Waals surface area contributed by atoms with E-state index in [4.69, 9.17) is 0 Å². The van der Waals surface area contributed by atoms with Crippen molar-refractivity contribution in [2.24, 2.45) is 5.92 Å². The zero-order chi connectivity index (χ0) is 24.0. The SMILES string of the molecule is CC1=C(C(=O)N2CCC(N3CCCCC3)CC2)NCNC1NCC1CCN(c2ccccc2)CC1. The Morgan fingerprint density at radius 2 is 1.66 bits per heavy atom. The monoisotopic (exact) mass is 480 g/mol. The van der Waals surface area contributed by atoms with Crippen LogP contribution in [-0.2, 0) is 4.79 Å². The van der Waals surface area contributed by atoms with Crippen molar-refractivity contribution < 1.29 is 4.79 Å². The lowest BCUT2D eigenvalue weighted by Crippen LogP contribution is -2.56.